The van der Waals surface area contributed by atoms with Gasteiger partial charge in [0.25, 0.3) is 0 Å². The molecule has 0 radical (unpaired) electrons. The Balaban J connectivity index is 1.90. The molecule has 0 spiro atoms. The van der Waals surface area contributed by atoms with E-state index in [1.807, 2.05) is 6.07 Å². The van der Waals surface area contributed by atoms with Crippen LogP contribution in [0.3, 0.4) is 0 Å². The van der Waals surface area contributed by atoms with Crippen LogP contribution in [0.1, 0.15) is 56.1 Å². The molecule has 1 aliphatic carbocycles. The maximum Gasteiger partial charge on any atom is 0.220 e. The molecule has 1 aliphatic rings. The van der Waals surface area contributed by atoms with Gasteiger partial charge in [0.15, 0.2) is 0 Å². The average Bonchev–Trinajstić information content (AvgIpc) is 2.60. The Morgan fingerprint density at radius 3 is 2.61 bits per heavy atom. The molecule has 1 saturated carbocycles. The number of carbonyl (C=O) groups is 1. The van der Waals surface area contributed by atoms with Crippen LogP contribution in [0.25, 0.3) is 0 Å². The maximum absolute atomic E-state index is 11.8. The first-order chi connectivity index (χ1) is 11.2. The van der Waals surface area contributed by atoms with Crippen molar-refractivity contribution >= 4 is 5.91 Å². The highest BCUT2D eigenvalue weighted by Crippen LogP contribution is 2.23. The summed E-state index contributed by atoms with van der Waals surface area (Å²) >= 11 is 0. The Morgan fingerprint density at radius 2 is 1.91 bits per heavy atom. The zero-order valence-electron chi connectivity index (χ0n) is 14.4. The number of hydrogen-bond acceptors (Lipinski definition) is 3. The molecular formula is C19H31N3O. The molecule has 0 unspecified atom stereocenters. The predicted molar refractivity (Wildman–Crippen MR) is 94.9 cm³/mol. The molecule has 3 N–H and O–H groups in total. The van der Waals surface area contributed by atoms with Gasteiger partial charge in [-0.3, -0.25) is 9.69 Å². The zero-order valence-corrected chi connectivity index (χ0v) is 14.4. The monoisotopic (exact) mass is 317 g/mol. The average molecular weight is 317 g/mol. The second kappa shape index (κ2) is 9.68. The smallest absolute Gasteiger partial charge is 0.220 e. The fourth-order valence-electron chi connectivity index (χ4n) is 3.35. The zero-order chi connectivity index (χ0) is 16.5. The van der Waals surface area contributed by atoms with Gasteiger partial charge in [0.1, 0.15) is 0 Å². The number of rotatable bonds is 8. The third-order valence-electron chi connectivity index (χ3n) is 4.82. The summed E-state index contributed by atoms with van der Waals surface area (Å²) in [5.41, 5.74) is 7.99. The van der Waals surface area contributed by atoms with Crippen molar-refractivity contribution in [2.45, 2.75) is 64.1 Å². The lowest BCUT2D eigenvalue weighted by Crippen LogP contribution is -2.33. The second-order valence-electron chi connectivity index (χ2n) is 6.64. The van der Waals surface area contributed by atoms with Gasteiger partial charge >= 0.3 is 0 Å². The summed E-state index contributed by atoms with van der Waals surface area (Å²) in [6.07, 6.45) is 7.99. The van der Waals surface area contributed by atoms with Crippen LogP contribution in [0.4, 0.5) is 0 Å². The van der Waals surface area contributed by atoms with Gasteiger partial charge < -0.3 is 11.1 Å². The van der Waals surface area contributed by atoms with Crippen LogP contribution in [-0.4, -0.2) is 30.4 Å². The summed E-state index contributed by atoms with van der Waals surface area (Å²) in [5, 5.41) is 3.01. The summed E-state index contributed by atoms with van der Waals surface area (Å²) in [4.78, 5) is 14.3. The fourth-order valence-corrected chi connectivity index (χ4v) is 3.35. The van der Waals surface area contributed by atoms with E-state index in [1.165, 1.54) is 43.2 Å². The normalized spacial score (nSPS) is 15.8. The Morgan fingerprint density at radius 1 is 1.22 bits per heavy atom. The molecule has 0 bridgehead atoms. The predicted octanol–water partition coefficient (Wildman–Crippen LogP) is 2.81. The minimum Gasteiger partial charge on any atom is -0.352 e. The molecule has 4 nitrogen and oxygen atoms in total. The van der Waals surface area contributed by atoms with E-state index in [9.17, 15) is 4.79 Å². The number of nitrogens with two attached hydrogens (primary N) is 1. The van der Waals surface area contributed by atoms with Crippen molar-refractivity contribution in [2.24, 2.45) is 5.73 Å². The maximum atomic E-state index is 11.8. The molecule has 2 rings (SSSR count). The minimum atomic E-state index is 0.0888. The molecule has 128 valence electrons. The molecule has 1 fully saturated rings. The second-order valence-corrected chi connectivity index (χ2v) is 6.64. The van der Waals surface area contributed by atoms with Crippen molar-refractivity contribution in [3.05, 3.63) is 35.4 Å². The van der Waals surface area contributed by atoms with Gasteiger partial charge in [0, 0.05) is 25.6 Å². The lowest BCUT2D eigenvalue weighted by Gasteiger charge is -2.31. The summed E-state index contributed by atoms with van der Waals surface area (Å²) in [7, 11) is 2.23. The van der Waals surface area contributed by atoms with E-state index in [2.05, 4.69) is 35.5 Å². The summed E-state index contributed by atoms with van der Waals surface area (Å²) in [5.74, 6) is 0.0888. The van der Waals surface area contributed by atoms with Crippen molar-refractivity contribution in [3.8, 4) is 0 Å². The van der Waals surface area contributed by atoms with Gasteiger partial charge in [-0.05, 0) is 44.0 Å². The molecule has 1 aromatic rings. The number of nitrogens with one attached hydrogen (secondary N) is 1. The van der Waals surface area contributed by atoms with Crippen LogP contribution in [0.15, 0.2) is 24.3 Å². The molecule has 1 aromatic carbocycles. The van der Waals surface area contributed by atoms with E-state index in [0.717, 1.165) is 13.0 Å². The van der Waals surface area contributed by atoms with Crippen LogP contribution < -0.4 is 11.1 Å². The molecule has 0 saturated heterocycles. The number of benzene rings is 1. The molecule has 1 amide bonds. The van der Waals surface area contributed by atoms with Crippen LogP contribution in [0, 0.1) is 0 Å². The molecule has 0 heterocycles. The van der Waals surface area contributed by atoms with Gasteiger partial charge in [0.2, 0.25) is 5.91 Å². The minimum absolute atomic E-state index is 0.0888. The van der Waals surface area contributed by atoms with Crippen molar-refractivity contribution in [3.63, 3.8) is 0 Å². The quantitative estimate of drug-likeness (QED) is 0.775. The van der Waals surface area contributed by atoms with E-state index < -0.39 is 0 Å². The molecule has 4 heteroatoms. The van der Waals surface area contributed by atoms with Gasteiger partial charge in [-0.1, -0.05) is 43.5 Å². The van der Waals surface area contributed by atoms with E-state index >= 15 is 0 Å². The highest BCUT2D eigenvalue weighted by atomic mass is 16.1. The van der Waals surface area contributed by atoms with E-state index in [0.29, 0.717) is 25.6 Å². The van der Waals surface area contributed by atoms with Crippen LogP contribution in [0.2, 0.25) is 0 Å². The fraction of sp³-hybridized carbons (Fsp3) is 0.632. The third kappa shape index (κ3) is 5.96. The Hall–Kier alpha value is -1.39. The van der Waals surface area contributed by atoms with Gasteiger partial charge in [-0.15, -0.1) is 0 Å². The van der Waals surface area contributed by atoms with Crippen molar-refractivity contribution in [1.82, 2.24) is 10.2 Å². The molecule has 0 aromatic heterocycles. The van der Waals surface area contributed by atoms with Crippen LogP contribution >= 0.6 is 0 Å². The molecule has 23 heavy (non-hydrogen) atoms. The summed E-state index contributed by atoms with van der Waals surface area (Å²) < 4.78 is 0. The highest BCUT2D eigenvalue weighted by molar-refractivity contribution is 5.75. The first kappa shape index (κ1) is 18.0. The third-order valence-corrected chi connectivity index (χ3v) is 4.82. The Labute approximate surface area is 140 Å². The van der Waals surface area contributed by atoms with E-state index in [-0.39, 0.29) is 5.91 Å². The van der Waals surface area contributed by atoms with E-state index in [4.69, 9.17) is 5.73 Å². The van der Waals surface area contributed by atoms with Gasteiger partial charge in [-0.25, -0.2) is 0 Å². The molecular weight excluding hydrogens is 286 g/mol. The largest absolute Gasteiger partial charge is 0.352 e. The number of nitrogens with zero attached hydrogens (tertiary/aromatic N) is 1. The van der Waals surface area contributed by atoms with Gasteiger partial charge in [0.05, 0.1) is 0 Å². The van der Waals surface area contributed by atoms with Crippen LogP contribution in [-0.2, 0) is 17.9 Å². The van der Waals surface area contributed by atoms with Crippen LogP contribution in [0.5, 0.6) is 0 Å². The lowest BCUT2D eigenvalue weighted by atomic mass is 9.94. The number of carbonyl (C=O) groups excluding carboxylic acids is 1. The summed E-state index contributed by atoms with van der Waals surface area (Å²) in [6.45, 7) is 2.13. The Bertz CT molecular complexity index is 483. The van der Waals surface area contributed by atoms with Crippen molar-refractivity contribution in [1.29, 1.82) is 0 Å². The number of amides is 1. The SMILES string of the molecule is CN(Cc1ccccc1CNC(=O)CCCN)C1CCCCC1. The lowest BCUT2D eigenvalue weighted by molar-refractivity contribution is -0.121. The topological polar surface area (TPSA) is 58.4 Å². The first-order valence-corrected chi connectivity index (χ1v) is 8.94. The van der Waals surface area contributed by atoms with Crippen molar-refractivity contribution < 1.29 is 4.79 Å². The molecule has 0 atom stereocenters. The highest BCUT2D eigenvalue weighted by Gasteiger charge is 2.18. The number of hydrogen-bond donors (Lipinski definition) is 2. The Kier molecular flexibility index (Phi) is 7.56. The van der Waals surface area contributed by atoms with Crippen molar-refractivity contribution in [2.75, 3.05) is 13.6 Å². The first-order valence-electron chi connectivity index (χ1n) is 8.94. The van der Waals surface area contributed by atoms with E-state index in [1.54, 1.807) is 0 Å². The van der Waals surface area contributed by atoms with Gasteiger partial charge in [-0.2, -0.15) is 0 Å². The molecule has 0 aliphatic heterocycles. The summed E-state index contributed by atoms with van der Waals surface area (Å²) in [6, 6.07) is 9.14. The standard InChI is InChI=1S/C19H31N3O/c1-22(18-10-3-2-4-11-18)15-17-9-6-5-8-16(17)14-21-19(23)12-7-13-20/h5-6,8-9,18H,2-4,7,10-15,20H2,1H3,(H,21,23).